The molecule has 1 rings (SSSR count). The first-order valence-electron chi connectivity index (χ1n) is 7.57. The maximum absolute atomic E-state index is 6.26. The van der Waals surface area contributed by atoms with Crippen LogP contribution in [0, 0.1) is 12.8 Å². The van der Waals surface area contributed by atoms with E-state index < -0.39 is 0 Å². The number of rotatable bonds is 8. The molecule has 1 aromatic carbocycles. The van der Waals surface area contributed by atoms with Crippen LogP contribution in [-0.4, -0.2) is 6.54 Å². The fourth-order valence-electron chi connectivity index (χ4n) is 2.49. The summed E-state index contributed by atoms with van der Waals surface area (Å²) in [7, 11) is 0. The van der Waals surface area contributed by atoms with Gasteiger partial charge in [0, 0.05) is 11.1 Å². The average Bonchev–Trinajstić information content (AvgIpc) is 2.38. The molecule has 2 heteroatoms. The molecule has 0 amide bonds. The van der Waals surface area contributed by atoms with Crippen molar-refractivity contribution in [3.63, 3.8) is 0 Å². The summed E-state index contributed by atoms with van der Waals surface area (Å²) in [6, 6.07) is 6.90. The van der Waals surface area contributed by atoms with Crippen molar-refractivity contribution in [2.45, 2.75) is 59.4 Å². The van der Waals surface area contributed by atoms with Crippen molar-refractivity contribution in [2.24, 2.45) is 5.92 Å². The molecule has 0 heterocycles. The van der Waals surface area contributed by atoms with E-state index in [0.29, 0.717) is 6.04 Å². The molecule has 0 saturated carbocycles. The molecule has 0 spiro atoms. The maximum atomic E-state index is 6.26. The summed E-state index contributed by atoms with van der Waals surface area (Å²) >= 11 is 6.26. The zero-order valence-electron chi connectivity index (χ0n) is 12.8. The molecule has 0 radical (unpaired) electrons. The zero-order chi connectivity index (χ0) is 14.3. The van der Waals surface area contributed by atoms with Gasteiger partial charge in [0.1, 0.15) is 0 Å². The van der Waals surface area contributed by atoms with Crippen molar-refractivity contribution in [3.05, 3.63) is 34.3 Å². The number of nitrogens with one attached hydrogen (secondary N) is 1. The highest BCUT2D eigenvalue weighted by atomic mass is 35.5. The largest absolute Gasteiger partial charge is 0.310 e. The highest BCUT2D eigenvalue weighted by Crippen LogP contribution is 2.27. The minimum atomic E-state index is 0.430. The van der Waals surface area contributed by atoms with Crippen molar-refractivity contribution in [2.75, 3.05) is 6.54 Å². The van der Waals surface area contributed by atoms with Gasteiger partial charge >= 0.3 is 0 Å². The van der Waals surface area contributed by atoms with Crippen LogP contribution in [0.5, 0.6) is 0 Å². The van der Waals surface area contributed by atoms with Gasteiger partial charge in [0.05, 0.1) is 0 Å². The van der Waals surface area contributed by atoms with Crippen LogP contribution in [0.2, 0.25) is 5.02 Å². The van der Waals surface area contributed by atoms with Gasteiger partial charge in [-0.25, -0.2) is 0 Å². The maximum Gasteiger partial charge on any atom is 0.0438 e. The van der Waals surface area contributed by atoms with Gasteiger partial charge in [-0.2, -0.15) is 0 Å². The standard InChI is InChI=1S/C17H28ClN/c1-5-7-13(3)11-17(19-10-6-2)15-9-8-14(4)16(18)12-15/h8-9,12-13,17,19H,5-7,10-11H2,1-4H3. The molecule has 0 saturated heterocycles. The Labute approximate surface area is 123 Å². The lowest BCUT2D eigenvalue weighted by molar-refractivity contribution is 0.390. The molecule has 0 bridgehead atoms. The van der Waals surface area contributed by atoms with Crippen LogP contribution in [0.4, 0.5) is 0 Å². The van der Waals surface area contributed by atoms with Crippen molar-refractivity contribution >= 4 is 11.6 Å². The van der Waals surface area contributed by atoms with Gasteiger partial charge in [-0.15, -0.1) is 0 Å². The molecular weight excluding hydrogens is 254 g/mol. The topological polar surface area (TPSA) is 12.0 Å². The lowest BCUT2D eigenvalue weighted by Crippen LogP contribution is -2.24. The summed E-state index contributed by atoms with van der Waals surface area (Å²) in [5.41, 5.74) is 2.48. The number of aryl methyl sites for hydroxylation is 1. The molecule has 2 unspecified atom stereocenters. The number of hydrogen-bond donors (Lipinski definition) is 1. The number of benzene rings is 1. The second-order valence-electron chi connectivity index (χ2n) is 5.64. The Morgan fingerprint density at radius 3 is 2.53 bits per heavy atom. The Bertz CT molecular complexity index is 376. The third-order valence-corrected chi connectivity index (χ3v) is 4.07. The SMILES string of the molecule is CCCNC(CC(C)CCC)c1ccc(C)c(Cl)c1. The first-order valence-corrected chi connectivity index (χ1v) is 7.95. The molecular formula is C17H28ClN. The quantitative estimate of drug-likeness (QED) is 0.662. The van der Waals surface area contributed by atoms with E-state index in [0.717, 1.165) is 29.5 Å². The Morgan fingerprint density at radius 2 is 1.95 bits per heavy atom. The molecule has 0 fully saturated rings. The molecule has 2 atom stereocenters. The van der Waals surface area contributed by atoms with Gasteiger partial charge < -0.3 is 5.32 Å². The van der Waals surface area contributed by atoms with Crippen LogP contribution in [-0.2, 0) is 0 Å². The highest BCUT2D eigenvalue weighted by molar-refractivity contribution is 6.31. The third kappa shape index (κ3) is 5.54. The molecule has 0 aliphatic heterocycles. The molecule has 1 N–H and O–H groups in total. The monoisotopic (exact) mass is 281 g/mol. The first-order chi connectivity index (χ1) is 9.08. The van der Waals surface area contributed by atoms with Crippen LogP contribution in [0.15, 0.2) is 18.2 Å². The van der Waals surface area contributed by atoms with E-state index in [1.807, 2.05) is 0 Å². The Morgan fingerprint density at radius 1 is 1.21 bits per heavy atom. The van der Waals surface area contributed by atoms with Crippen molar-refractivity contribution in [1.29, 1.82) is 0 Å². The van der Waals surface area contributed by atoms with Crippen LogP contribution in [0.1, 0.15) is 63.6 Å². The number of hydrogen-bond acceptors (Lipinski definition) is 1. The first kappa shape index (κ1) is 16.5. The van der Waals surface area contributed by atoms with E-state index in [9.17, 15) is 0 Å². The van der Waals surface area contributed by atoms with Crippen LogP contribution < -0.4 is 5.32 Å². The fraction of sp³-hybridized carbons (Fsp3) is 0.647. The van der Waals surface area contributed by atoms with E-state index in [-0.39, 0.29) is 0 Å². The Hall–Kier alpha value is -0.530. The predicted molar refractivity (Wildman–Crippen MR) is 85.9 cm³/mol. The van der Waals surface area contributed by atoms with Gasteiger partial charge in [-0.1, -0.05) is 57.3 Å². The zero-order valence-corrected chi connectivity index (χ0v) is 13.6. The van der Waals surface area contributed by atoms with Gasteiger partial charge in [0.15, 0.2) is 0 Å². The lowest BCUT2D eigenvalue weighted by Gasteiger charge is -2.23. The van der Waals surface area contributed by atoms with Gasteiger partial charge in [-0.3, -0.25) is 0 Å². The van der Waals surface area contributed by atoms with E-state index in [2.05, 4.69) is 51.2 Å². The fourth-order valence-corrected chi connectivity index (χ4v) is 2.68. The summed E-state index contributed by atoms with van der Waals surface area (Å²) in [6.07, 6.45) is 4.91. The summed E-state index contributed by atoms with van der Waals surface area (Å²) in [5.74, 6) is 0.749. The molecule has 0 aromatic heterocycles. The van der Waals surface area contributed by atoms with Crippen LogP contribution in [0.3, 0.4) is 0 Å². The van der Waals surface area contributed by atoms with Crippen molar-refractivity contribution in [3.8, 4) is 0 Å². The summed E-state index contributed by atoms with van der Waals surface area (Å²) < 4.78 is 0. The molecule has 1 aromatic rings. The average molecular weight is 282 g/mol. The minimum Gasteiger partial charge on any atom is -0.310 e. The van der Waals surface area contributed by atoms with E-state index in [1.54, 1.807) is 0 Å². The highest BCUT2D eigenvalue weighted by Gasteiger charge is 2.15. The summed E-state index contributed by atoms with van der Waals surface area (Å²) in [5, 5.41) is 4.54. The molecule has 0 aliphatic rings. The van der Waals surface area contributed by atoms with E-state index >= 15 is 0 Å². The third-order valence-electron chi connectivity index (χ3n) is 3.66. The van der Waals surface area contributed by atoms with Crippen LogP contribution in [0.25, 0.3) is 0 Å². The second kappa shape index (κ2) is 8.60. The minimum absolute atomic E-state index is 0.430. The van der Waals surface area contributed by atoms with Gasteiger partial charge in [0.25, 0.3) is 0 Å². The smallest absolute Gasteiger partial charge is 0.0438 e. The van der Waals surface area contributed by atoms with E-state index in [1.165, 1.54) is 24.8 Å². The van der Waals surface area contributed by atoms with Gasteiger partial charge in [-0.05, 0) is 49.4 Å². The van der Waals surface area contributed by atoms with Crippen LogP contribution >= 0.6 is 11.6 Å². The lowest BCUT2D eigenvalue weighted by atomic mass is 9.92. The van der Waals surface area contributed by atoms with Gasteiger partial charge in [0.2, 0.25) is 0 Å². The molecule has 0 aliphatic carbocycles. The molecule has 19 heavy (non-hydrogen) atoms. The Kier molecular flexibility index (Phi) is 7.48. The summed E-state index contributed by atoms with van der Waals surface area (Å²) in [6.45, 7) is 9.94. The number of halogens is 1. The second-order valence-corrected chi connectivity index (χ2v) is 6.05. The van der Waals surface area contributed by atoms with Crippen molar-refractivity contribution in [1.82, 2.24) is 5.32 Å². The molecule has 1 nitrogen and oxygen atoms in total. The Balaban J connectivity index is 2.79. The predicted octanol–water partition coefficient (Wildman–Crippen LogP) is 5.52. The molecule has 108 valence electrons. The van der Waals surface area contributed by atoms with E-state index in [4.69, 9.17) is 11.6 Å². The normalized spacial score (nSPS) is 14.4. The van der Waals surface area contributed by atoms with Crippen molar-refractivity contribution < 1.29 is 0 Å². The summed E-state index contributed by atoms with van der Waals surface area (Å²) in [4.78, 5) is 0.